The highest BCUT2D eigenvalue weighted by Gasteiger charge is 2.28. The van der Waals surface area contributed by atoms with Crippen molar-refractivity contribution in [3.8, 4) is 5.75 Å². The number of benzene rings is 3. The fraction of sp³-hybridized carbons (Fsp3) is 0.154. The Morgan fingerprint density at radius 2 is 1.73 bits per heavy atom. The van der Waals surface area contributed by atoms with Gasteiger partial charge in [0.1, 0.15) is 17.9 Å². The molecule has 7 nitrogen and oxygen atoms in total. The monoisotopic (exact) mass is 442 g/mol. The fourth-order valence-electron chi connectivity index (χ4n) is 3.52. The standard InChI is InChI=1S/C26H22N2O5/c1-3-32-19-13-14-21-23(15-19)28(31)24(25(29)18-10-5-4-6-11-18)22(27-21)16-33-26(30)20-12-8-7-9-17(20)2/h4-15H,3,16H2,1-2H3. The molecule has 4 rings (SSSR count). The van der Waals surface area contributed by atoms with Crippen molar-refractivity contribution in [2.75, 3.05) is 6.61 Å². The van der Waals surface area contributed by atoms with E-state index in [2.05, 4.69) is 4.98 Å². The number of esters is 1. The van der Waals surface area contributed by atoms with Gasteiger partial charge in [0.15, 0.2) is 5.69 Å². The van der Waals surface area contributed by atoms with Crippen LogP contribution in [0.3, 0.4) is 0 Å². The lowest BCUT2D eigenvalue weighted by Gasteiger charge is -2.13. The van der Waals surface area contributed by atoms with Crippen molar-refractivity contribution >= 4 is 22.8 Å². The average molecular weight is 442 g/mol. The number of hydrogen-bond acceptors (Lipinski definition) is 6. The molecule has 4 aromatic rings. The summed E-state index contributed by atoms with van der Waals surface area (Å²) in [6, 6.07) is 20.3. The summed E-state index contributed by atoms with van der Waals surface area (Å²) in [6.07, 6.45) is 0. The number of aryl methyl sites for hydroxylation is 1. The molecule has 0 fully saturated rings. The molecule has 0 radical (unpaired) electrons. The number of ketones is 1. The molecular formula is C26H22N2O5. The second kappa shape index (κ2) is 9.48. The molecule has 0 atom stereocenters. The molecule has 0 aliphatic heterocycles. The van der Waals surface area contributed by atoms with Gasteiger partial charge in [-0.05, 0) is 37.6 Å². The number of ether oxygens (including phenoxy) is 2. The zero-order valence-electron chi connectivity index (χ0n) is 18.3. The lowest BCUT2D eigenvalue weighted by molar-refractivity contribution is -0.580. The van der Waals surface area contributed by atoms with Gasteiger partial charge in [-0.3, -0.25) is 4.79 Å². The molecule has 3 aromatic carbocycles. The lowest BCUT2D eigenvalue weighted by atomic mass is 10.1. The number of rotatable bonds is 7. The Bertz CT molecular complexity index is 1340. The summed E-state index contributed by atoms with van der Waals surface area (Å²) < 4.78 is 11.5. The smallest absolute Gasteiger partial charge is 0.338 e. The molecule has 7 heteroatoms. The van der Waals surface area contributed by atoms with Crippen molar-refractivity contribution in [3.63, 3.8) is 0 Å². The molecule has 0 N–H and O–H groups in total. The molecule has 1 heterocycles. The Morgan fingerprint density at radius 1 is 1.00 bits per heavy atom. The molecule has 0 saturated carbocycles. The van der Waals surface area contributed by atoms with Gasteiger partial charge < -0.3 is 14.7 Å². The van der Waals surface area contributed by atoms with Crippen LogP contribution >= 0.6 is 0 Å². The summed E-state index contributed by atoms with van der Waals surface area (Å²) in [4.78, 5) is 30.4. The van der Waals surface area contributed by atoms with E-state index in [1.807, 2.05) is 13.0 Å². The van der Waals surface area contributed by atoms with Crippen molar-refractivity contribution in [2.45, 2.75) is 20.5 Å². The Kier molecular flexibility index (Phi) is 6.31. The van der Waals surface area contributed by atoms with E-state index in [0.29, 0.717) is 33.7 Å². The largest absolute Gasteiger partial charge is 0.618 e. The van der Waals surface area contributed by atoms with Crippen molar-refractivity contribution in [1.29, 1.82) is 0 Å². The van der Waals surface area contributed by atoms with E-state index < -0.39 is 11.8 Å². The molecule has 0 aliphatic rings. The van der Waals surface area contributed by atoms with E-state index in [-0.39, 0.29) is 23.5 Å². The van der Waals surface area contributed by atoms with E-state index in [9.17, 15) is 14.8 Å². The quantitative estimate of drug-likeness (QED) is 0.185. The molecule has 0 aliphatic carbocycles. The second-order valence-electron chi connectivity index (χ2n) is 7.37. The number of hydrogen-bond donors (Lipinski definition) is 0. The third kappa shape index (κ3) is 4.52. The minimum Gasteiger partial charge on any atom is -0.618 e. The van der Waals surface area contributed by atoms with Crippen LogP contribution in [-0.4, -0.2) is 23.3 Å². The molecule has 1 aromatic heterocycles. The average Bonchev–Trinajstić information content (AvgIpc) is 2.83. The first-order valence-corrected chi connectivity index (χ1v) is 10.5. The van der Waals surface area contributed by atoms with Gasteiger partial charge in [-0.2, -0.15) is 4.73 Å². The predicted octanol–water partition coefficient (Wildman–Crippen LogP) is 4.16. The summed E-state index contributed by atoms with van der Waals surface area (Å²) in [5.41, 5.74) is 1.93. The summed E-state index contributed by atoms with van der Waals surface area (Å²) in [5, 5.41) is 13.3. The Labute approximate surface area is 190 Å². The number of carbonyl (C=O) groups is 2. The van der Waals surface area contributed by atoms with Gasteiger partial charge in [0.2, 0.25) is 5.52 Å². The van der Waals surface area contributed by atoms with Gasteiger partial charge >= 0.3 is 5.97 Å². The van der Waals surface area contributed by atoms with E-state index >= 15 is 0 Å². The van der Waals surface area contributed by atoms with E-state index in [0.717, 1.165) is 5.56 Å². The maximum Gasteiger partial charge on any atom is 0.338 e. The summed E-state index contributed by atoms with van der Waals surface area (Å²) in [5.74, 6) is -0.575. The van der Waals surface area contributed by atoms with E-state index in [1.54, 1.807) is 73.7 Å². The SMILES string of the molecule is CCOc1ccc2nc(COC(=O)c3ccccc3C)c(C(=O)c3ccccc3)[n+]([O-])c2c1. The summed E-state index contributed by atoms with van der Waals surface area (Å²) in [7, 11) is 0. The zero-order chi connectivity index (χ0) is 23.4. The fourth-order valence-corrected chi connectivity index (χ4v) is 3.52. The molecule has 0 saturated heterocycles. The van der Waals surface area contributed by atoms with Crippen LogP contribution in [-0.2, 0) is 11.3 Å². The minimum atomic E-state index is -0.558. The Hall–Kier alpha value is -4.26. The van der Waals surface area contributed by atoms with E-state index in [1.165, 1.54) is 0 Å². The summed E-state index contributed by atoms with van der Waals surface area (Å²) in [6.45, 7) is 3.74. The number of fused-ring (bicyclic) bond motifs is 1. The van der Waals surface area contributed by atoms with Crippen LogP contribution in [0.5, 0.6) is 5.75 Å². The van der Waals surface area contributed by atoms with Crippen LogP contribution in [0.4, 0.5) is 0 Å². The molecule has 0 amide bonds. The third-order valence-electron chi connectivity index (χ3n) is 5.16. The normalized spacial score (nSPS) is 10.7. The highest BCUT2D eigenvalue weighted by atomic mass is 16.5. The van der Waals surface area contributed by atoms with Crippen LogP contribution in [0.25, 0.3) is 11.0 Å². The third-order valence-corrected chi connectivity index (χ3v) is 5.16. The number of nitrogens with zero attached hydrogens (tertiary/aromatic N) is 2. The van der Waals surface area contributed by atoms with Gasteiger partial charge in [0, 0.05) is 5.56 Å². The first-order chi connectivity index (χ1) is 16.0. The van der Waals surface area contributed by atoms with Gasteiger partial charge in [-0.1, -0.05) is 48.5 Å². The lowest BCUT2D eigenvalue weighted by Crippen LogP contribution is -2.38. The van der Waals surface area contributed by atoms with Gasteiger partial charge in [0.25, 0.3) is 11.5 Å². The Morgan fingerprint density at radius 3 is 2.45 bits per heavy atom. The van der Waals surface area contributed by atoms with Gasteiger partial charge in [-0.25, -0.2) is 9.78 Å². The molecule has 33 heavy (non-hydrogen) atoms. The van der Waals surface area contributed by atoms with Crippen LogP contribution < -0.4 is 9.47 Å². The second-order valence-corrected chi connectivity index (χ2v) is 7.37. The predicted molar refractivity (Wildman–Crippen MR) is 122 cm³/mol. The first-order valence-electron chi connectivity index (χ1n) is 10.5. The van der Waals surface area contributed by atoms with Crippen molar-refractivity contribution < 1.29 is 23.8 Å². The highest BCUT2D eigenvalue weighted by Crippen LogP contribution is 2.21. The van der Waals surface area contributed by atoms with Crippen LogP contribution in [0.15, 0.2) is 72.8 Å². The molecule has 0 spiro atoms. The Balaban J connectivity index is 1.78. The molecule has 0 unspecified atom stereocenters. The van der Waals surface area contributed by atoms with Crippen LogP contribution in [0.1, 0.15) is 44.6 Å². The number of carbonyl (C=O) groups excluding carboxylic acids is 2. The highest BCUT2D eigenvalue weighted by molar-refractivity contribution is 6.07. The minimum absolute atomic E-state index is 0.0810. The van der Waals surface area contributed by atoms with Crippen molar-refractivity contribution in [2.24, 2.45) is 0 Å². The zero-order valence-corrected chi connectivity index (χ0v) is 18.3. The molecule has 0 bridgehead atoms. The van der Waals surface area contributed by atoms with Crippen molar-refractivity contribution in [1.82, 2.24) is 4.98 Å². The first kappa shape index (κ1) is 22.0. The van der Waals surface area contributed by atoms with Crippen LogP contribution in [0, 0.1) is 12.1 Å². The summed E-state index contributed by atoms with van der Waals surface area (Å²) >= 11 is 0. The maximum atomic E-state index is 13.3. The van der Waals surface area contributed by atoms with Crippen LogP contribution in [0.2, 0.25) is 0 Å². The topological polar surface area (TPSA) is 92.4 Å². The van der Waals surface area contributed by atoms with Gasteiger partial charge in [-0.15, -0.1) is 0 Å². The number of aromatic nitrogens is 2. The maximum absolute atomic E-state index is 13.3. The van der Waals surface area contributed by atoms with Gasteiger partial charge in [0.05, 0.1) is 18.2 Å². The van der Waals surface area contributed by atoms with E-state index in [4.69, 9.17) is 9.47 Å². The molecular weight excluding hydrogens is 420 g/mol. The molecule has 166 valence electrons. The van der Waals surface area contributed by atoms with Crippen molar-refractivity contribution in [3.05, 3.63) is 106 Å².